The van der Waals surface area contributed by atoms with E-state index in [2.05, 4.69) is 10.6 Å². The van der Waals surface area contributed by atoms with Crippen molar-refractivity contribution < 1.29 is 19.2 Å². The zero-order valence-corrected chi connectivity index (χ0v) is 14.2. The number of amides is 4. The normalized spacial score (nSPS) is 28.0. The van der Waals surface area contributed by atoms with Gasteiger partial charge in [0.2, 0.25) is 11.8 Å². The second-order valence-corrected chi connectivity index (χ2v) is 7.14. The summed E-state index contributed by atoms with van der Waals surface area (Å²) in [7, 11) is 0. The molecule has 8 heteroatoms. The van der Waals surface area contributed by atoms with Gasteiger partial charge in [-0.05, 0) is 37.0 Å². The number of carbonyl (C=O) groups is 4. The van der Waals surface area contributed by atoms with Crippen LogP contribution in [0, 0.1) is 0 Å². The monoisotopic (exact) mass is 356 g/mol. The second-order valence-electron chi connectivity index (χ2n) is 7.14. The lowest BCUT2D eigenvalue weighted by Crippen LogP contribution is -2.54. The molecular formula is C18H20N4O4. The van der Waals surface area contributed by atoms with Crippen molar-refractivity contribution in [2.75, 3.05) is 0 Å². The van der Waals surface area contributed by atoms with Crippen molar-refractivity contribution in [3.8, 4) is 0 Å². The van der Waals surface area contributed by atoms with Gasteiger partial charge in [-0.15, -0.1) is 0 Å². The quantitative estimate of drug-likeness (QED) is 0.635. The molecule has 0 radical (unpaired) electrons. The number of hydrogen-bond donors (Lipinski definition) is 3. The first-order chi connectivity index (χ1) is 12.4. The number of benzene rings is 1. The van der Waals surface area contributed by atoms with E-state index < -0.39 is 23.8 Å². The van der Waals surface area contributed by atoms with Gasteiger partial charge in [-0.2, -0.15) is 0 Å². The summed E-state index contributed by atoms with van der Waals surface area (Å²) in [5.74, 6) is -1.94. The molecule has 3 aliphatic rings. The Bertz CT molecular complexity index is 815. The highest BCUT2D eigenvalue weighted by Crippen LogP contribution is 2.28. The molecule has 8 nitrogen and oxygen atoms in total. The number of fused-ring (bicyclic) bond motifs is 1. The minimum absolute atomic E-state index is 0.114. The van der Waals surface area contributed by atoms with Gasteiger partial charge in [-0.25, -0.2) is 0 Å². The van der Waals surface area contributed by atoms with E-state index in [1.54, 1.807) is 12.1 Å². The molecule has 1 aliphatic carbocycles. The molecule has 4 rings (SSSR count). The maximum Gasteiger partial charge on any atom is 0.262 e. The van der Waals surface area contributed by atoms with Gasteiger partial charge in [0.15, 0.2) is 0 Å². The molecule has 1 aromatic carbocycles. The van der Waals surface area contributed by atoms with Gasteiger partial charge in [0.1, 0.15) is 6.04 Å². The minimum atomic E-state index is -0.932. The first-order valence-electron chi connectivity index (χ1n) is 8.77. The smallest absolute Gasteiger partial charge is 0.262 e. The third kappa shape index (κ3) is 2.81. The molecule has 2 fully saturated rings. The molecule has 0 bridgehead atoms. The van der Waals surface area contributed by atoms with Crippen molar-refractivity contribution in [1.29, 1.82) is 0 Å². The Hall–Kier alpha value is -2.58. The first-order valence-corrected chi connectivity index (χ1v) is 8.77. The van der Waals surface area contributed by atoms with E-state index in [1.165, 1.54) is 0 Å². The number of carbonyl (C=O) groups excluding carboxylic acids is 4. The molecule has 26 heavy (non-hydrogen) atoms. The minimum Gasteiger partial charge on any atom is -0.328 e. The third-order valence-corrected chi connectivity index (χ3v) is 5.27. The maximum atomic E-state index is 12.7. The van der Waals surface area contributed by atoms with E-state index in [-0.39, 0.29) is 24.8 Å². The van der Waals surface area contributed by atoms with Gasteiger partial charge in [-0.1, -0.05) is 6.07 Å². The first kappa shape index (κ1) is 16.9. The molecule has 1 aromatic rings. The number of nitrogens with zero attached hydrogens (tertiary/aromatic N) is 1. The summed E-state index contributed by atoms with van der Waals surface area (Å²) >= 11 is 0. The fraction of sp³-hybridized carbons (Fsp3) is 0.444. The summed E-state index contributed by atoms with van der Waals surface area (Å²) < 4.78 is 0. The lowest BCUT2D eigenvalue weighted by Gasteiger charge is -2.33. The Morgan fingerprint density at radius 2 is 1.85 bits per heavy atom. The van der Waals surface area contributed by atoms with Gasteiger partial charge in [0.05, 0.1) is 11.1 Å². The third-order valence-electron chi connectivity index (χ3n) is 5.27. The van der Waals surface area contributed by atoms with Gasteiger partial charge in [0, 0.05) is 25.0 Å². The van der Waals surface area contributed by atoms with Crippen LogP contribution in [0.15, 0.2) is 18.2 Å². The van der Waals surface area contributed by atoms with Gasteiger partial charge >= 0.3 is 0 Å². The topological polar surface area (TPSA) is 122 Å². The van der Waals surface area contributed by atoms with Crippen LogP contribution in [0.2, 0.25) is 0 Å². The van der Waals surface area contributed by atoms with E-state index in [0.29, 0.717) is 23.7 Å². The van der Waals surface area contributed by atoms with Crippen LogP contribution in [0.1, 0.15) is 52.0 Å². The Kier molecular flexibility index (Phi) is 4.08. The molecular weight excluding hydrogens is 336 g/mol. The molecule has 1 unspecified atom stereocenters. The molecule has 2 heterocycles. The lowest BCUT2D eigenvalue weighted by molar-refractivity contribution is -0.136. The van der Waals surface area contributed by atoms with E-state index in [4.69, 9.17) is 5.73 Å². The van der Waals surface area contributed by atoms with Gasteiger partial charge in [0.25, 0.3) is 11.8 Å². The number of rotatable bonds is 4. The molecule has 136 valence electrons. The Balaban J connectivity index is 1.50. The molecule has 0 aromatic heterocycles. The van der Waals surface area contributed by atoms with Crippen LogP contribution in [0.4, 0.5) is 0 Å². The van der Waals surface area contributed by atoms with E-state index in [1.807, 2.05) is 6.07 Å². The average Bonchev–Trinajstić information content (AvgIpc) is 2.82. The van der Waals surface area contributed by atoms with Crippen LogP contribution in [-0.4, -0.2) is 46.7 Å². The Morgan fingerprint density at radius 3 is 2.54 bits per heavy atom. The van der Waals surface area contributed by atoms with Crippen molar-refractivity contribution in [2.24, 2.45) is 5.73 Å². The van der Waals surface area contributed by atoms with E-state index in [9.17, 15) is 19.2 Å². The van der Waals surface area contributed by atoms with Crippen LogP contribution >= 0.6 is 0 Å². The predicted octanol–water partition coefficient (Wildman–Crippen LogP) is -0.333. The summed E-state index contributed by atoms with van der Waals surface area (Å²) in [6.07, 6.45) is 2.15. The molecule has 1 atom stereocenters. The van der Waals surface area contributed by atoms with Crippen molar-refractivity contribution in [3.63, 3.8) is 0 Å². The number of nitrogens with two attached hydrogens (primary N) is 1. The lowest BCUT2D eigenvalue weighted by atomic mass is 9.87. The Morgan fingerprint density at radius 1 is 1.12 bits per heavy atom. The van der Waals surface area contributed by atoms with E-state index in [0.717, 1.165) is 23.3 Å². The van der Waals surface area contributed by atoms with Crippen molar-refractivity contribution in [1.82, 2.24) is 15.5 Å². The van der Waals surface area contributed by atoms with Crippen LogP contribution in [-0.2, 0) is 16.1 Å². The van der Waals surface area contributed by atoms with Crippen LogP contribution in [0.5, 0.6) is 0 Å². The van der Waals surface area contributed by atoms with E-state index >= 15 is 0 Å². The van der Waals surface area contributed by atoms with Crippen LogP contribution in [0.3, 0.4) is 0 Å². The highest BCUT2D eigenvalue weighted by Gasteiger charge is 2.44. The van der Waals surface area contributed by atoms with Gasteiger partial charge in [-0.3, -0.25) is 29.4 Å². The SMILES string of the molecule is NC1CC(NCc2ccc3c(c2)C(=O)N(C2CCC(=O)NC2=O)C3=O)C1. The highest BCUT2D eigenvalue weighted by atomic mass is 16.2. The molecule has 4 amide bonds. The molecule has 2 aliphatic heterocycles. The summed E-state index contributed by atoms with van der Waals surface area (Å²) in [5, 5.41) is 5.57. The molecule has 0 spiro atoms. The van der Waals surface area contributed by atoms with Crippen LogP contribution < -0.4 is 16.4 Å². The van der Waals surface area contributed by atoms with Crippen molar-refractivity contribution >= 4 is 23.6 Å². The summed E-state index contributed by atoms with van der Waals surface area (Å²) in [4.78, 5) is 49.7. The zero-order valence-electron chi connectivity index (χ0n) is 14.2. The highest BCUT2D eigenvalue weighted by molar-refractivity contribution is 6.23. The molecule has 4 N–H and O–H groups in total. The number of imide groups is 2. The van der Waals surface area contributed by atoms with Crippen molar-refractivity contribution in [2.45, 2.75) is 50.4 Å². The summed E-state index contributed by atoms with van der Waals surface area (Å²) in [6.45, 7) is 0.588. The van der Waals surface area contributed by atoms with Crippen molar-refractivity contribution in [3.05, 3.63) is 34.9 Å². The zero-order chi connectivity index (χ0) is 18.4. The molecule has 1 saturated heterocycles. The number of hydrogen-bond acceptors (Lipinski definition) is 6. The number of piperidine rings is 1. The fourth-order valence-corrected chi connectivity index (χ4v) is 3.72. The average molecular weight is 356 g/mol. The number of nitrogens with one attached hydrogen (secondary N) is 2. The molecule has 1 saturated carbocycles. The van der Waals surface area contributed by atoms with Gasteiger partial charge < -0.3 is 11.1 Å². The predicted molar refractivity (Wildman–Crippen MR) is 91.0 cm³/mol. The maximum absolute atomic E-state index is 12.7. The summed E-state index contributed by atoms with van der Waals surface area (Å²) in [5.41, 5.74) is 7.28. The Labute approximate surface area is 150 Å². The fourth-order valence-electron chi connectivity index (χ4n) is 3.72. The standard InChI is InChI=1S/C18H20N4O4/c19-10-6-11(7-10)20-8-9-1-2-12-13(5-9)18(26)22(17(12)25)14-3-4-15(23)21-16(14)24/h1-2,5,10-11,14,20H,3-4,6-8,19H2,(H,21,23,24). The largest absolute Gasteiger partial charge is 0.328 e. The second kappa shape index (κ2) is 6.30. The van der Waals surface area contributed by atoms with Crippen LogP contribution in [0.25, 0.3) is 0 Å². The summed E-state index contributed by atoms with van der Waals surface area (Å²) in [6, 6.07) is 4.85.